The van der Waals surface area contributed by atoms with Gasteiger partial charge >= 0.3 is 0 Å². The maximum atomic E-state index is 12.8. The molecule has 2 saturated heterocycles. The van der Waals surface area contributed by atoms with Gasteiger partial charge in [-0.25, -0.2) is 9.97 Å². The van der Waals surface area contributed by atoms with E-state index in [4.69, 9.17) is 4.98 Å². The first-order valence-corrected chi connectivity index (χ1v) is 9.18. The van der Waals surface area contributed by atoms with Crippen molar-refractivity contribution in [2.24, 2.45) is 5.92 Å². The summed E-state index contributed by atoms with van der Waals surface area (Å²) in [5.41, 5.74) is 0. The van der Waals surface area contributed by atoms with Gasteiger partial charge in [0, 0.05) is 50.1 Å². The number of carbonyl (C=O) groups excluding carboxylic acids is 1. The number of piperidine rings is 1. The summed E-state index contributed by atoms with van der Waals surface area (Å²) in [6.07, 6.45) is 7.83. The monoisotopic (exact) mass is 332 g/mol. The second-order valence-corrected chi connectivity index (χ2v) is 7.39. The van der Waals surface area contributed by atoms with Crippen LogP contribution in [0.5, 0.6) is 0 Å². The lowest BCUT2D eigenvalue weighted by atomic mass is 9.85. The Hall–Kier alpha value is -1.72. The first-order chi connectivity index (χ1) is 11.7. The molecule has 4 rings (SSSR count). The third-order valence-electron chi connectivity index (χ3n) is 5.82. The fraction of sp³-hybridized carbons (Fsp3) is 0.722. The summed E-state index contributed by atoms with van der Waals surface area (Å²) in [7, 11) is 0. The highest BCUT2D eigenvalue weighted by Gasteiger charge is 2.36. The van der Waals surface area contributed by atoms with Crippen molar-refractivity contribution < 1.29 is 9.18 Å². The minimum absolute atomic E-state index is 0.0950. The number of rotatable bonds is 4. The van der Waals surface area contributed by atoms with Crippen LogP contribution in [0.15, 0.2) is 12.3 Å². The Morgan fingerprint density at radius 1 is 1.21 bits per heavy atom. The molecule has 0 radical (unpaired) electrons. The van der Waals surface area contributed by atoms with Crippen molar-refractivity contribution >= 4 is 11.7 Å². The summed E-state index contributed by atoms with van der Waals surface area (Å²) in [6.45, 7) is 2.01. The van der Waals surface area contributed by atoms with E-state index in [1.54, 1.807) is 0 Å². The van der Waals surface area contributed by atoms with Crippen molar-refractivity contribution in [3.05, 3.63) is 18.1 Å². The van der Waals surface area contributed by atoms with Gasteiger partial charge in [0.25, 0.3) is 0 Å². The van der Waals surface area contributed by atoms with Crippen molar-refractivity contribution in [2.45, 2.75) is 50.5 Å². The highest BCUT2D eigenvalue weighted by molar-refractivity contribution is 5.79. The maximum Gasteiger partial charge on any atom is 0.223 e. The maximum absolute atomic E-state index is 12.8. The van der Waals surface area contributed by atoms with Crippen LogP contribution >= 0.6 is 0 Å². The lowest BCUT2D eigenvalue weighted by molar-refractivity contribution is -0.130. The molecular formula is C18H25FN4O. The summed E-state index contributed by atoms with van der Waals surface area (Å²) in [6, 6.07) is 2.25. The molecule has 3 aliphatic rings. The zero-order chi connectivity index (χ0) is 16.5. The molecule has 1 aromatic rings. The average Bonchev–Trinajstić information content (AvgIpc) is 2.95. The van der Waals surface area contributed by atoms with Crippen LogP contribution in [0.4, 0.5) is 10.2 Å². The molecule has 3 heterocycles. The molecule has 5 nitrogen and oxygen atoms in total. The first kappa shape index (κ1) is 15.8. The van der Waals surface area contributed by atoms with Gasteiger partial charge in [0.15, 0.2) is 0 Å². The van der Waals surface area contributed by atoms with Crippen molar-refractivity contribution in [1.82, 2.24) is 14.9 Å². The SMILES string of the molecule is O=C1CC(CF)CN1C1CCN(c2ccnc(C3CCC3)n2)CC1. The molecule has 130 valence electrons. The number of amides is 1. The van der Waals surface area contributed by atoms with E-state index >= 15 is 0 Å². The number of hydrogen-bond acceptors (Lipinski definition) is 4. The smallest absolute Gasteiger partial charge is 0.223 e. The fourth-order valence-electron chi connectivity index (χ4n) is 4.07. The van der Waals surface area contributed by atoms with E-state index in [1.807, 2.05) is 17.2 Å². The topological polar surface area (TPSA) is 49.3 Å². The number of carbonyl (C=O) groups is 1. The highest BCUT2D eigenvalue weighted by Crippen LogP contribution is 2.35. The van der Waals surface area contributed by atoms with Gasteiger partial charge in [0.2, 0.25) is 5.91 Å². The Labute approximate surface area is 142 Å². The molecule has 2 aliphatic heterocycles. The van der Waals surface area contributed by atoms with E-state index in [0.29, 0.717) is 18.9 Å². The predicted octanol–water partition coefficient (Wildman–Crippen LogP) is 2.53. The molecule has 0 bridgehead atoms. The van der Waals surface area contributed by atoms with Gasteiger partial charge in [-0.15, -0.1) is 0 Å². The summed E-state index contributed by atoms with van der Waals surface area (Å²) >= 11 is 0. The third-order valence-corrected chi connectivity index (χ3v) is 5.82. The van der Waals surface area contributed by atoms with Crippen molar-refractivity contribution in [3.63, 3.8) is 0 Å². The molecule has 0 aromatic carbocycles. The van der Waals surface area contributed by atoms with Crippen LogP contribution in [-0.4, -0.2) is 53.1 Å². The lowest BCUT2D eigenvalue weighted by Crippen LogP contribution is -2.46. The van der Waals surface area contributed by atoms with Crippen LogP contribution in [-0.2, 0) is 4.79 Å². The van der Waals surface area contributed by atoms with Crippen LogP contribution in [0.25, 0.3) is 0 Å². The minimum Gasteiger partial charge on any atom is -0.356 e. The zero-order valence-corrected chi connectivity index (χ0v) is 14.0. The molecule has 1 amide bonds. The fourth-order valence-corrected chi connectivity index (χ4v) is 4.07. The van der Waals surface area contributed by atoms with Gasteiger partial charge in [-0.05, 0) is 31.7 Å². The summed E-state index contributed by atoms with van der Waals surface area (Å²) < 4.78 is 12.8. The normalized spacial score (nSPS) is 26.0. The molecule has 0 N–H and O–H groups in total. The number of nitrogens with zero attached hydrogens (tertiary/aromatic N) is 4. The van der Waals surface area contributed by atoms with E-state index in [1.165, 1.54) is 19.3 Å². The standard InChI is InChI=1S/C18H25FN4O/c19-11-13-10-17(24)23(12-13)15-5-8-22(9-6-15)16-4-7-20-18(21-16)14-2-1-3-14/h4,7,13-15H,1-3,5-6,8-12H2. The second kappa shape index (κ2) is 6.65. The first-order valence-electron chi connectivity index (χ1n) is 9.18. The number of aromatic nitrogens is 2. The van der Waals surface area contributed by atoms with E-state index in [0.717, 1.165) is 37.6 Å². The van der Waals surface area contributed by atoms with Gasteiger partial charge in [0.1, 0.15) is 11.6 Å². The lowest BCUT2D eigenvalue weighted by Gasteiger charge is -2.37. The van der Waals surface area contributed by atoms with E-state index < -0.39 is 0 Å². The summed E-state index contributed by atoms with van der Waals surface area (Å²) in [5.74, 6) is 2.58. The number of likely N-dealkylation sites (tertiary alicyclic amines) is 1. The Morgan fingerprint density at radius 2 is 2.00 bits per heavy atom. The largest absolute Gasteiger partial charge is 0.356 e. The number of anilines is 1. The van der Waals surface area contributed by atoms with E-state index in [2.05, 4.69) is 9.88 Å². The van der Waals surface area contributed by atoms with Gasteiger partial charge in [-0.1, -0.05) is 6.42 Å². The Bertz CT molecular complexity index is 598. The van der Waals surface area contributed by atoms with Gasteiger partial charge < -0.3 is 9.80 Å². The van der Waals surface area contributed by atoms with E-state index in [9.17, 15) is 9.18 Å². The van der Waals surface area contributed by atoms with E-state index in [-0.39, 0.29) is 24.5 Å². The second-order valence-electron chi connectivity index (χ2n) is 7.39. The minimum atomic E-state index is -0.383. The van der Waals surface area contributed by atoms with Crippen LogP contribution < -0.4 is 4.90 Å². The zero-order valence-electron chi connectivity index (χ0n) is 14.0. The molecule has 1 atom stereocenters. The molecule has 0 spiro atoms. The molecule has 1 saturated carbocycles. The summed E-state index contributed by atoms with van der Waals surface area (Å²) in [5, 5.41) is 0. The van der Waals surface area contributed by atoms with Crippen molar-refractivity contribution in [1.29, 1.82) is 0 Å². The predicted molar refractivity (Wildman–Crippen MR) is 89.7 cm³/mol. The Balaban J connectivity index is 1.37. The quantitative estimate of drug-likeness (QED) is 0.850. The number of alkyl halides is 1. The van der Waals surface area contributed by atoms with Gasteiger partial charge in [0.05, 0.1) is 6.67 Å². The molecule has 1 aliphatic carbocycles. The molecule has 3 fully saturated rings. The molecular weight excluding hydrogens is 307 g/mol. The number of halogens is 1. The molecule has 6 heteroatoms. The third kappa shape index (κ3) is 2.98. The molecule has 24 heavy (non-hydrogen) atoms. The van der Waals surface area contributed by atoms with Gasteiger partial charge in [-0.3, -0.25) is 9.18 Å². The summed E-state index contributed by atoms with van der Waals surface area (Å²) in [4.78, 5) is 25.5. The van der Waals surface area contributed by atoms with Gasteiger partial charge in [-0.2, -0.15) is 0 Å². The van der Waals surface area contributed by atoms with Crippen LogP contribution in [0.2, 0.25) is 0 Å². The molecule has 1 unspecified atom stereocenters. The van der Waals surface area contributed by atoms with Crippen LogP contribution in [0, 0.1) is 5.92 Å². The van der Waals surface area contributed by atoms with Crippen molar-refractivity contribution in [2.75, 3.05) is 31.2 Å². The molecule has 1 aromatic heterocycles. The average molecular weight is 332 g/mol. The number of hydrogen-bond donors (Lipinski definition) is 0. The van der Waals surface area contributed by atoms with Crippen LogP contribution in [0.1, 0.15) is 50.3 Å². The van der Waals surface area contributed by atoms with Crippen molar-refractivity contribution in [3.8, 4) is 0 Å². The van der Waals surface area contributed by atoms with Crippen LogP contribution in [0.3, 0.4) is 0 Å². The Morgan fingerprint density at radius 3 is 2.62 bits per heavy atom. The Kier molecular flexibility index (Phi) is 4.37. The highest BCUT2D eigenvalue weighted by atomic mass is 19.1.